The van der Waals surface area contributed by atoms with Crippen LogP contribution in [0.2, 0.25) is 0 Å². The van der Waals surface area contributed by atoms with E-state index in [4.69, 9.17) is 0 Å². The van der Waals surface area contributed by atoms with Crippen LogP contribution in [-0.2, 0) is 0 Å². The first-order valence-corrected chi connectivity index (χ1v) is 5.36. The number of hydrogen-bond donors (Lipinski definition) is 0. The third-order valence-corrected chi connectivity index (χ3v) is 3.03. The largest absolute Gasteiger partial charge is 0.206 e. The Morgan fingerprint density at radius 1 is 1.14 bits per heavy atom. The van der Waals surface area contributed by atoms with Gasteiger partial charge in [-0.1, -0.05) is 12.1 Å². The van der Waals surface area contributed by atoms with Crippen LogP contribution < -0.4 is 0 Å². The van der Waals surface area contributed by atoms with Gasteiger partial charge in [-0.3, -0.25) is 0 Å². The maximum Gasteiger partial charge on any atom is 0.131 e. The van der Waals surface area contributed by atoms with Crippen molar-refractivity contribution in [2.24, 2.45) is 0 Å². The summed E-state index contributed by atoms with van der Waals surface area (Å²) in [5.41, 5.74) is 2.63. The third-order valence-electron chi connectivity index (χ3n) is 2.17. The number of thiophene rings is 1. The van der Waals surface area contributed by atoms with Gasteiger partial charge in [-0.05, 0) is 42.5 Å². The second kappa shape index (κ2) is 3.54. The second-order valence-electron chi connectivity index (χ2n) is 3.43. The topological polar surface area (TPSA) is 0 Å². The molecule has 0 aliphatic carbocycles. The standard InChI is InChI=1S/C12H11FS/c1-8-3-4-11(12(13)5-8)10-6-9(2)14-7-10/h3-7H,1-2H3. The molecule has 0 saturated heterocycles. The molecule has 0 unspecified atom stereocenters. The third kappa shape index (κ3) is 1.70. The van der Waals surface area contributed by atoms with Crippen LogP contribution in [0.15, 0.2) is 29.6 Å². The highest BCUT2D eigenvalue weighted by molar-refractivity contribution is 7.10. The molecule has 0 saturated carbocycles. The molecule has 72 valence electrons. The number of rotatable bonds is 1. The average Bonchev–Trinajstić information content (AvgIpc) is 2.51. The van der Waals surface area contributed by atoms with Gasteiger partial charge in [0.15, 0.2) is 0 Å². The van der Waals surface area contributed by atoms with Crippen molar-refractivity contribution >= 4 is 11.3 Å². The summed E-state index contributed by atoms with van der Waals surface area (Å²) in [6.45, 7) is 3.92. The van der Waals surface area contributed by atoms with Gasteiger partial charge in [-0.25, -0.2) is 4.39 Å². The zero-order valence-electron chi connectivity index (χ0n) is 8.17. The Labute approximate surface area is 87.0 Å². The van der Waals surface area contributed by atoms with Crippen LogP contribution in [0.5, 0.6) is 0 Å². The Bertz CT molecular complexity index is 457. The van der Waals surface area contributed by atoms with Crippen LogP contribution in [0, 0.1) is 19.7 Å². The van der Waals surface area contributed by atoms with Crippen molar-refractivity contribution < 1.29 is 4.39 Å². The number of halogens is 1. The zero-order valence-corrected chi connectivity index (χ0v) is 8.99. The van der Waals surface area contributed by atoms with Crippen molar-refractivity contribution in [2.45, 2.75) is 13.8 Å². The van der Waals surface area contributed by atoms with Gasteiger partial charge in [-0.2, -0.15) is 0 Å². The lowest BCUT2D eigenvalue weighted by molar-refractivity contribution is 0.630. The van der Waals surface area contributed by atoms with Crippen molar-refractivity contribution in [3.63, 3.8) is 0 Å². The van der Waals surface area contributed by atoms with Gasteiger partial charge in [-0.15, -0.1) is 11.3 Å². The van der Waals surface area contributed by atoms with E-state index in [-0.39, 0.29) is 5.82 Å². The first-order valence-electron chi connectivity index (χ1n) is 4.48. The molecule has 14 heavy (non-hydrogen) atoms. The zero-order chi connectivity index (χ0) is 10.1. The Balaban J connectivity index is 2.52. The summed E-state index contributed by atoms with van der Waals surface area (Å²) in [5.74, 6) is -0.136. The Hall–Kier alpha value is -1.15. The molecule has 1 aromatic heterocycles. The van der Waals surface area contributed by atoms with E-state index in [9.17, 15) is 4.39 Å². The molecule has 1 aromatic carbocycles. The predicted octanol–water partition coefficient (Wildman–Crippen LogP) is 4.17. The van der Waals surface area contributed by atoms with E-state index in [1.54, 1.807) is 17.4 Å². The molecule has 1 heterocycles. The molecule has 0 bridgehead atoms. The monoisotopic (exact) mass is 206 g/mol. The van der Waals surface area contributed by atoms with Crippen molar-refractivity contribution in [3.8, 4) is 11.1 Å². The molecule has 0 nitrogen and oxygen atoms in total. The lowest BCUT2D eigenvalue weighted by Gasteiger charge is -2.00. The number of hydrogen-bond acceptors (Lipinski definition) is 1. The quantitative estimate of drug-likeness (QED) is 0.657. The first-order chi connectivity index (χ1) is 6.66. The molecule has 2 rings (SSSR count). The SMILES string of the molecule is Cc1ccc(-c2csc(C)c2)c(F)c1. The molecule has 0 radical (unpaired) electrons. The molecule has 0 atom stereocenters. The lowest BCUT2D eigenvalue weighted by atomic mass is 10.1. The van der Waals surface area contributed by atoms with E-state index < -0.39 is 0 Å². The molecule has 0 fully saturated rings. The Morgan fingerprint density at radius 3 is 2.50 bits per heavy atom. The highest BCUT2D eigenvalue weighted by atomic mass is 32.1. The van der Waals surface area contributed by atoms with Gasteiger partial charge in [0.1, 0.15) is 5.82 Å². The van der Waals surface area contributed by atoms with Crippen LogP contribution in [0.4, 0.5) is 4.39 Å². The highest BCUT2D eigenvalue weighted by Gasteiger charge is 2.05. The van der Waals surface area contributed by atoms with Crippen molar-refractivity contribution in [1.82, 2.24) is 0 Å². The second-order valence-corrected chi connectivity index (χ2v) is 4.54. The molecular formula is C12H11FS. The van der Waals surface area contributed by atoms with Gasteiger partial charge >= 0.3 is 0 Å². The minimum absolute atomic E-state index is 0.136. The smallest absolute Gasteiger partial charge is 0.131 e. The van der Waals surface area contributed by atoms with Gasteiger partial charge in [0, 0.05) is 10.4 Å². The van der Waals surface area contributed by atoms with Crippen molar-refractivity contribution in [2.75, 3.05) is 0 Å². The summed E-state index contributed by atoms with van der Waals surface area (Å²) in [6, 6.07) is 7.36. The molecule has 2 heteroatoms. The van der Waals surface area contributed by atoms with Gasteiger partial charge in [0.05, 0.1) is 0 Å². The molecule has 2 aromatic rings. The first kappa shape index (κ1) is 9.41. The van der Waals surface area contributed by atoms with Crippen LogP contribution in [0.25, 0.3) is 11.1 Å². The van der Waals surface area contributed by atoms with Gasteiger partial charge < -0.3 is 0 Å². The summed E-state index contributed by atoms with van der Waals surface area (Å²) in [4.78, 5) is 1.21. The Morgan fingerprint density at radius 2 is 1.93 bits per heavy atom. The maximum atomic E-state index is 13.6. The van der Waals surface area contributed by atoms with E-state index in [0.717, 1.165) is 11.1 Å². The number of aryl methyl sites for hydroxylation is 2. The number of benzene rings is 1. The molecule has 0 amide bonds. The van der Waals surface area contributed by atoms with Crippen LogP contribution in [0.3, 0.4) is 0 Å². The minimum Gasteiger partial charge on any atom is -0.206 e. The summed E-state index contributed by atoms with van der Waals surface area (Å²) in [7, 11) is 0. The fourth-order valence-corrected chi connectivity index (χ4v) is 2.14. The molecule has 0 spiro atoms. The molecule has 0 aliphatic rings. The van der Waals surface area contributed by atoms with Gasteiger partial charge in [0.2, 0.25) is 0 Å². The molecule has 0 aliphatic heterocycles. The van der Waals surface area contributed by atoms with Crippen molar-refractivity contribution in [3.05, 3.63) is 45.9 Å². The minimum atomic E-state index is -0.136. The highest BCUT2D eigenvalue weighted by Crippen LogP contribution is 2.27. The summed E-state index contributed by atoms with van der Waals surface area (Å²) in [5, 5.41) is 1.99. The van der Waals surface area contributed by atoms with E-state index in [1.165, 1.54) is 4.88 Å². The summed E-state index contributed by atoms with van der Waals surface area (Å²) >= 11 is 1.65. The van der Waals surface area contributed by atoms with E-state index in [2.05, 4.69) is 0 Å². The fourth-order valence-electron chi connectivity index (χ4n) is 1.44. The normalized spacial score (nSPS) is 10.5. The van der Waals surface area contributed by atoms with Crippen LogP contribution >= 0.6 is 11.3 Å². The maximum absolute atomic E-state index is 13.6. The summed E-state index contributed by atoms with van der Waals surface area (Å²) in [6.07, 6.45) is 0. The molecular weight excluding hydrogens is 195 g/mol. The van der Waals surface area contributed by atoms with Crippen LogP contribution in [-0.4, -0.2) is 0 Å². The van der Waals surface area contributed by atoms with Crippen LogP contribution in [0.1, 0.15) is 10.4 Å². The van der Waals surface area contributed by atoms with E-state index in [1.807, 2.05) is 37.4 Å². The van der Waals surface area contributed by atoms with Crippen molar-refractivity contribution in [1.29, 1.82) is 0 Å². The van der Waals surface area contributed by atoms with Gasteiger partial charge in [0.25, 0.3) is 0 Å². The predicted molar refractivity (Wildman–Crippen MR) is 59.2 cm³/mol. The molecule has 0 N–H and O–H groups in total. The Kier molecular flexibility index (Phi) is 2.38. The average molecular weight is 206 g/mol. The van der Waals surface area contributed by atoms with E-state index >= 15 is 0 Å². The van der Waals surface area contributed by atoms with E-state index in [0.29, 0.717) is 5.56 Å². The summed E-state index contributed by atoms with van der Waals surface area (Å²) < 4.78 is 13.6. The fraction of sp³-hybridized carbons (Fsp3) is 0.167. The lowest BCUT2D eigenvalue weighted by Crippen LogP contribution is -1.83.